The number of rotatable bonds is 4. The first kappa shape index (κ1) is 25.8. The Kier molecular flexibility index (Phi) is 7.02. The lowest BCUT2D eigenvalue weighted by Crippen LogP contribution is -2.57. The third-order valence-corrected chi connectivity index (χ3v) is 6.81. The molecule has 4 amide bonds. The van der Waals surface area contributed by atoms with Gasteiger partial charge in [0.15, 0.2) is 0 Å². The van der Waals surface area contributed by atoms with E-state index in [0.717, 1.165) is 18.3 Å². The SMILES string of the molecule is CC(=O)N(C(=O)c1ccccc1)N1C(=O)C(C#N)=C(C)/C(=C/c2sc(N)c(C#N)c2-c2ccccc2)C1=O. The fourth-order valence-electron chi connectivity index (χ4n) is 4.03. The molecular weight excluding hydrogens is 502 g/mol. The van der Waals surface area contributed by atoms with Crippen LogP contribution in [0.3, 0.4) is 0 Å². The Balaban J connectivity index is 1.93. The largest absolute Gasteiger partial charge is 0.389 e. The van der Waals surface area contributed by atoms with Crippen molar-refractivity contribution in [3.05, 3.63) is 93.4 Å². The molecule has 2 N–H and O–H groups in total. The Morgan fingerprint density at radius 1 is 0.974 bits per heavy atom. The van der Waals surface area contributed by atoms with Crippen LogP contribution in [0.5, 0.6) is 0 Å². The molecule has 1 aromatic heterocycles. The van der Waals surface area contributed by atoms with E-state index in [1.807, 2.05) is 6.07 Å². The molecule has 0 bridgehead atoms. The minimum absolute atomic E-state index is 0.0645. The summed E-state index contributed by atoms with van der Waals surface area (Å²) >= 11 is 1.06. The van der Waals surface area contributed by atoms with Gasteiger partial charge in [-0.05, 0) is 36.3 Å². The van der Waals surface area contributed by atoms with Crippen molar-refractivity contribution in [3.63, 3.8) is 0 Å². The van der Waals surface area contributed by atoms with Crippen LogP contribution in [-0.4, -0.2) is 33.6 Å². The minimum atomic E-state index is -1.10. The van der Waals surface area contributed by atoms with Crippen LogP contribution in [-0.2, 0) is 14.4 Å². The van der Waals surface area contributed by atoms with Gasteiger partial charge in [-0.3, -0.25) is 19.2 Å². The van der Waals surface area contributed by atoms with Crippen LogP contribution in [0.15, 0.2) is 77.4 Å². The Labute approximate surface area is 221 Å². The van der Waals surface area contributed by atoms with Crippen molar-refractivity contribution in [1.82, 2.24) is 10.0 Å². The summed E-state index contributed by atoms with van der Waals surface area (Å²) in [4.78, 5) is 53.3. The maximum Gasteiger partial charge on any atom is 0.291 e. The second-order valence-electron chi connectivity index (χ2n) is 8.15. The molecule has 0 saturated carbocycles. The van der Waals surface area contributed by atoms with Crippen molar-refractivity contribution in [2.24, 2.45) is 0 Å². The van der Waals surface area contributed by atoms with E-state index in [1.165, 1.54) is 25.1 Å². The van der Waals surface area contributed by atoms with Gasteiger partial charge in [-0.1, -0.05) is 48.5 Å². The van der Waals surface area contributed by atoms with Crippen molar-refractivity contribution in [3.8, 4) is 23.3 Å². The van der Waals surface area contributed by atoms with Crippen molar-refractivity contribution in [1.29, 1.82) is 10.5 Å². The summed E-state index contributed by atoms with van der Waals surface area (Å²) in [6.45, 7) is 2.47. The number of nitrogen functional groups attached to an aromatic ring is 1. The highest BCUT2D eigenvalue weighted by molar-refractivity contribution is 7.17. The number of hydrogen-bond donors (Lipinski definition) is 1. The van der Waals surface area contributed by atoms with E-state index in [1.54, 1.807) is 48.5 Å². The number of hydrogen-bond acceptors (Lipinski definition) is 8. The quantitative estimate of drug-likeness (QED) is 0.402. The van der Waals surface area contributed by atoms with E-state index in [2.05, 4.69) is 6.07 Å². The van der Waals surface area contributed by atoms with Crippen molar-refractivity contribution in [2.75, 3.05) is 5.73 Å². The Bertz CT molecular complexity index is 1640. The van der Waals surface area contributed by atoms with Gasteiger partial charge in [0, 0.05) is 28.5 Å². The summed E-state index contributed by atoms with van der Waals surface area (Å²) in [6.07, 6.45) is 1.42. The molecule has 0 radical (unpaired) electrons. The average molecular weight is 522 g/mol. The third kappa shape index (κ3) is 4.37. The van der Waals surface area contributed by atoms with E-state index in [0.29, 0.717) is 26.0 Å². The predicted octanol–water partition coefficient (Wildman–Crippen LogP) is 4.07. The summed E-state index contributed by atoms with van der Waals surface area (Å²) in [5.74, 6) is -3.88. The number of nitrogens with zero attached hydrogens (tertiary/aromatic N) is 4. The van der Waals surface area contributed by atoms with E-state index < -0.39 is 29.2 Å². The maximum absolute atomic E-state index is 13.8. The molecule has 0 atom stereocenters. The first-order valence-electron chi connectivity index (χ1n) is 11.2. The van der Waals surface area contributed by atoms with Crippen LogP contribution in [0.25, 0.3) is 17.2 Å². The summed E-state index contributed by atoms with van der Waals surface area (Å²) < 4.78 is 0. The summed E-state index contributed by atoms with van der Waals surface area (Å²) in [5.41, 5.74) is 7.11. The minimum Gasteiger partial charge on any atom is -0.389 e. The van der Waals surface area contributed by atoms with Gasteiger partial charge in [0.2, 0.25) is 5.91 Å². The van der Waals surface area contributed by atoms with Gasteiger partial charge in [0.05, 0.1) is 5.56 Å². The zero-order valence-corrected chi connectivity index (χ0v) is 21.1. The number of carbonyl (C=O) groups excluding carboxylic acids is 4. The Morgan fingerprint density at radius 2 is 1.58 bits per heavy atom. The van der Waals surface area contributed by atoms with E-state index in [9.17, 15) is 29.7 Å². The molecule has 0 unspecified atom stereocenters. The molecule has 0 fully saturated rings. The molecule has 0 aliphatic carbocycles. The van der Waals surface area contributed by atoms with Crippen LogP contribution in [0, 0.1) is 22.7 Å². The monoisotopic (exact) mass is 521 g/mol. The van der Waals surface area contributed by atoms with Crippen LogP contribution < -0.4 is 5.73 Å². The molecule has 38 heavy (non-hydrogen) atoms. The molecule has 0 spiro atoms. The molecule has 1 aliphatic rings. The van der Waals surface area contributed by atoms with Crippen LogP contribution in [0.4, 0.5) is 5.00 Å². The fraction of sp³-hybridized carbons (Fsp3) is 0.0714. The number of amides is 4. The zero-order chi connectivity index (χ0) is 27.6. The molecule has 186 valence electrons. The topological polar surface area (TPSA) is 148 Å². The number of nitriles is 2. The highest BCUT2D eigenvalue weighted by Crippen LogP contribution is 2.41. The fourth-order valence-corrected chi connectivity index (χ4v) is 5.02. The van der Waals surface area contributed by atoms with Gasteiger partial charge >= 0.3 is 0 Å². The number of anilines is 1. The number of hydrazine groups is 1. The van der Waals surface area contributed by atoms with Crippen molar-refractivity contribution in [2.45, 2.75) is 13.8 Å². The Hall–Kier alpha value is -5.32. The highest BCUT2D eigenvalue weighted by atomic mass is 32.1. The zero-order valence-electron chi connectivity index (χ0n) is 20.3. The van der Waals surface area contributed by atoms with E-state index in [4.69, 9.17) is 5.73 Å². The normalized spacial score (nSPS) is 14.3. The van der Waals surface area contributed by atoms with Gasteiger partial charge in [0.1, 0.15) is 22.7 Å². The molecule has 9 nitrogen and oxygen atoms in total. The Morgan fingerprint density at radius 3 is 2.13 bits per heavy atom. The molecule has 10 heteroatoms. The third-order valence-electron chi connectivity index (χ3n) is 5.84. The van der Waals surface area contributed by atoms with Crippen molar-refractivity contribution < 1.29 is 19.2 Å². The van der Waals surface area contributed by atoms with Gasteiger partial charge < -0.3 is 5.73 Å². The molecule has 4 rings (SSSR count). The molecule has 3 aromatic rings. The maximum atomic E-state index is 13.8. The molecule has 2 heterocycles. The van der Waals surface area contributed by atoms with Gasteiger partial charge in [-0.15, -0.1) is 11.3 Å². The smallest absolute Gasteiger partial charge is 0.291 e. The lowest BCUT2D eigenvalue weighted by Gasteiger charge is -2.34. The summed E-state index contributed by atoms with van der Waals surface area (Å²) in [7, 11) is 0. The van der Waals surface area contributed by atoms with Gasteiger partial charge in [0.25, 0.3) is 17.7 Å². The first-order chi connectivity index (χ1) is 18.2. The lowest BCUT2D eigenvalue weighted by molar-refractivity contribution is -0.163. The molecule has 1 aliphatic heterocycles. The van der Waals surface area contributed by atoms with Crippen LogP contribution >= 0.6 is 11.3 Å². The summed E-state index contributed by atoms with van der Waals surface area (Å²) in [6, 6.07) is 20.5. The van der Waals surface area contributed by atoms with Gasteiger partial charge in [-0.25, -0.2) is 0 Å². The van der Waals surface area contributed by atoms with E-state index >= 15 is 0 Å². The second kappa shape index (κ2) is 10.3. The number of imide groups is 2. The summed E-state index contributed by atoms with van der Waals surface area (Å²) in [5, 5.41) is 20.6. The highest BCUT2D eigenvalue weighted by Gasteiger charge is 2.43. The standard InChI is InChI=1S/C28H19N5O4S/c1-16-20(13-23-24(18-9-5-3-6-10-18)22(15-30)25(31)38-23)27(36)33(28(37)21(16)14-29)32(17(2)34)26(35)19-11-7-4-8-12-19/h3-13H,31H2,1-2H3/b20-13-. The average Bonchev–Trinajstić information content (AvgIpc) is 3.24. The first-order valence-corrected chi connectivity index (χ1v) is 12.0. The second-order valence-corrected chi connectivity index (χ2v) is 9.24. The van der Waals surface area contributed by atoms with Crippen molar-refractivity contribution >= 4 is 46.0 Å². The van der Waals surface area contributed by atoms with Crippen LogP contribution in [0.1, 0.15) is 34.6 Å². The number of benzene rings is 2. The molecular formula is C28H19N5O4S. The number of carbonyl (C=O) groups is 4. The number of thiophene rings is 1. The van der Waals surface area contributed by atoms with E-state index in [-0.39, 0.29) is 27.3 Å². The lowest BCUT2D eigenvalue weighted by atomic mass is 9.94. The number of nitrogens with two attached hydrogens (primary N) is 1. The molecule has 0 saturated heterocycles. The predicted molar refractivity (Wildman–Crippen MR) is 140 cm³/mol. The van der Waals surface area contributed by atoms with Gasteiger partial charge in [-0.2, -0.15) is 20.5 Å². The molecule has 2 aromatic carbocycles. The van der Waals surface area contributed by atoms with Crippen LogP contribution in [0.2, 0.25) is 0 Å².